The number of hydrogen-bond acceptors (Lipinski definition) is 23. The van der Waals surface area contributed by atoms with Crippen molar-refractivity contribution in [3.63, 3.8) is 0 Å². The van der Waals surface area contributed by atoms with Gasteiger partial charge in [-0.25, -0.2) is 33.6 Å². The third-order valence-electron chi connectivity index (χ3n) is 14.9. The van der Waals surface area contributed by atoms with Gasteiger partial charge in [0, 0.05) is 27.7 Å². The first kappa shape index (κ1) is 106. The van der Waals surface area contributed by atoms with Crippen LogP contribution in [-0.4, -0.2) is 125 Å². The van der Waals surface area contributed by atoms with E-state index in [0.717, 1.165) is 42.4 Å². The number of aryl methyl sites for hydroxylation is 3. The van der Waals surface area contributed by atoms with Gasteiger partial charge in [-0.1, -0.05) is 95.6 Å². The minimum absolute atomic E-state index is 0.0318. The van der Waals surface area contributed by atoms with Gasteiger partial charge in [0.1, 0.15) is 63.2 Å². The molecule has 121 heavy (non-hydrogen) atoms. The topological polar surface area (TPSA) is 345 Å². The molecule has 0 aliphatic heterocycles. The molecule has 0 fully saturated rings. The SMILES string of the molecule is CC(=O)Nc1cc(C)ccc1C(=O)OC(C)C.CC(=O)Nc1ccccc1C(=O)OC(C)C.CC(=O)Oc1cc(C)ccc1C(=O)OC(C)C.CC(=O)Oc1ccccc1C(=O)OC(C)C.CC(C)=CCC/C(C)=C/CC/C(C)=C/COc1ccccc1C(=O)OC(C)C.CC(C)OC(=O)c1ccccc1O.Cc1ccc(C(=O)OC(C)C)c(O)c1. The lowest BCUT2D eigenvalue weighted by atomic mass is 10.1. The van der Waals surface area contributed by atoms with Gasteiger partial charge in [-0.2, -0.15) is 0 Å². The van der Waals surface area contributed by atoms with E-state index in [1.807, 2.05) is 52.8 Å². The molecule has 656 valence electrons. The highest BCUT2D eigenvalue weighted by molar-refractivity contribution is 6.02. The highest BCUT2D eigenvalue weighted by atomic mass is 16.6. The van der Waals surface area contributed by atoms with Crippen molar-refractivity contribution in [2.75, 3.05) is 17.2 Å². The van der Waals surface area contributed by atoms with Crippen molar-refractivity contribution in [1.29, 1.82) is 0 Å². The number of carbonyl (C=O) groups is 11. The van der Waals surface area contributed by atoms with Crippen LogP contribution >= 0.6 is 0 Å². The zero-order valence-corrected chi connectivity index (χ0v) is 74.7. The monoisotopic (exact) mass is 1670 g/mol. The summed E-state index contributed by atoms with van der Waals surface area (Å²) in [6.45, 7) is 44.9. The van der Waals surface area contributed by atoms with Gasteiger partial charge < -0.3 is 68.2 Å². The Morgan fingerprint density at radius 3 is 1.04 bits per heavy atom. The van der Waals surface area contributed by atoms with Gasteiger partial charge in [0.25, 0.3) is 0 Å². The van der Waals surface area contributed by atoms with Crippen LogP contribution in [-0.2, 0) is 52.3 Å². The smallest absolute Gasteiger partial charge is 0.342 e. The number of phenols is 2. The number of hydrogen-bond donors (Lipinski definition) is 4. The summed E-state index contributed by atoms with van der Waals surface area (Å²) in [6, 6.07) is 41.9. The minimum atomic E-state index is -0.494. The van der Waals surface area contributed by atoms with Crippen molar-refractivity contribution >= 4 is 76.9 Å². The standard InChI is InChI=1S/C25H36O3.C13H17NO3.C13H16O4.C12H15NO3.C12H14O4.C11H14O3.C10H12O3/c1-19(2)11-9-12-21(5)13-10-14-22(6)17-18-27-24-16-8-7-15-23(24)25(26)28-20(3)4;1-8(2)17-13(16)11-6-5-9(3)7-12(11)14-10(4)15;1-8(2)16-13(15)11-6-5-9(3)7-12(11)17-10(4)14;1-8(2)16-12(15)10-6-4-5-7-11(10)13-9(3)14;1-8(2)15-12(14)10-6-4-5-7-11(10)16-9(3)13;1-7(2)14-11(13)9-5-4-8(3)6-10(9)12;1-7(2)13-10(12)8-5-3-4-6-9(8)11/h7-8,11,13,15-17,20H,9-10,12,14,18H2,1-6H3;5-8H,1-4H3,(H,14,15);5-8H,1-4H3;4-8H,1-3H3,(H,13,14);4-8H,1-3H3;4-7,12H,1-3H3;3-7,11H,1-2H3/b21-13+,22-17+;;;;;;. The van der Waals surface area contributed by atoms with Crippen LogP contribution in [0.4, 0.5) is 11.4 Å². The van der Waals surface area contributed by atoms with Crippen molar-refractivity contribution in [2.45, 2.75) is 242 Å². The maximum absolute atomic E-state index is 12.2. The zero-order chi connectivity index (χ0) is 91.8. The summed E-state index contributed by atoms with van der Waals surface area (Å²) in [5, 5.41) is 24.0. The molecule has 2 amide bonds. The fourth-order valence-electron chi connectivity index (χ4n) is 9.78. The van der Waals surface area contributed by atoms with Crippen LogP contribution in [0.15, 0.2) is 187 Å². The van der Waals surface area contributed by atoms with Crippen LogP contribution < -0.4 is 24.8 Å². The molecule has 0 saturated heterocycles. The Hall–Kier alpha value is -12.7. The number of aromatic hydroxyl groups is 2. The molecule has 25 nitrogen and oxygen atoms in total. The Labute approximate surface area is 713 Å². The Morgan fingerprint density at radius 2 is 0.620 bits per heavy atom. The molecule has 7 aromatic carbocycles. The summed E-state index contributed by atoms with van der Waals surface area (Å²) in [5.74, 6) is -3.59. The second-order valence-electron chi connectivity index (χ2n) is 29.6. The van der Waals surface area contributed by atoms with Crippen molar-refractivity contribution < 1.29 is 110 Å². The van der Waals surface area contributed by atoms with Crippen LogP contribution in [0.25, 0.3) is 0 Å². The normalized spacial score (nSPS) is 10.6. The molecule has 0 radical (unpaired) electrons. The van der Waals surface area contributed by atoms with E-state index in [2.05, 4.69) is 56.6 Å². The summed E-state index contributed by atoms with van der Waals surface area (Å²) in [7, 11) is 0. The van der Waals surface area contributed by atoms with Gasteiger partial charge in [-0.05, 0) is 279 Å². The molecule has 0 bridgehead atoms. The second-order valence-corrected chi connectivity index (χ2v) is 29.6. The molecule has 0 spiro atoms. The fraction of sp³-hybridized carbons (Fsp3) is 0.385. The van der Waals surface area contributed by atoms with Gasteiger partial charge in [0.15, 0.2) is 0 Å². The Kier molecular flexibility index (Phi) is 49.8. The summed E-state index contributed by atoms with van der Waals surface area (Å²) < 4.78 is 51.1. The number of para-hydroxylation sites is 4. The Bertz CT molecular complexity index is 4470. The first-order valence-electron chi connectivity index (χ1n) is 39.7. The summed E-state index contributed by atoms with van der Waals surface area (Å²) in [5.41, 5.74) is 10.00. The Balaban J connectivity index is 0.000000716. The molecule has 7 aromatic rings. The third-order valence-corrected chi connectivity index (χ3v) is 14.9. The number of phenolic OH excluding ortho intramolecular Hbond substituents is 2. The van der Waals surface area contributed by atoms with E-state index in [4.69, 9.17) is 47.4 Å². The average Bonchev–Trinajstić information content (AvgIpc) is 0.834. The molecular weight excluding hydrogens is 1550 g/mol. The number of carbonyl (C=O) groups excluding carboxylic acids is 11. The van der Waals surface area contributed by atoms with Gasteiger partial charge >= 0.3 is 53.7 Å². The number of nitrogens with one attached hydrogen (secondary N) is 2. The third kappa shape index (κ3) is 46.3. The molecule has 25 heteroatoms. The van der Waals surface area contributed by atoms with Crippen LogP contribution in [0.2, 0.25) is 0 Å². The lowest BCUT2D eigenvalue weighted by Gasteiger charge is -2.12. The van der Waals surface area contributed by atoms with E-state index in [0.29, 0.717) is 40.4 Å². The molecule has 0 saturated carbocycles. The summed E-state index contributed by atoms with van der Waals surface area (Å²) in [6.07, 6.45) is 9.70. The molecule has 0 atom stereocenters. The lowest BCUT2D eigenvalue weighted by molar-refractivity contribution is -0.132. The minimum Gasteiger partial charge on any atom is -0.507 e. The highest BCUT2D eigenvalue weighted by Crippen LogP contribution is 2.27. The zero-order valence-electron chi connectivity index (χ0n) is 74.7. The maximum Gasteiger partial charge on any atom is 0.342 e. The molecule has 0 unspecified atom stereocenters. The second kappa shape index (κ2) is 56.7. The van der Waals surface area contributed by atoms with Crippen LogP contribution in [0, 0.1) is 20.8 Å². The molecule has 0 heterocycles. The maximum atomic E-state index is 12.2. The van der Waals surface area contributed by atoms with Crippen molar-refractivity contribution in [3.8, 4) is 28.7 Å². The first-order chi connectivity index (χ1) is 56.7. The molecule has 7 rings (SSSR count). The van der Waals surface area contributed by atoms with Crippen molar-refractivity contribution in [2.24, 2.45) is 0 Å². The van der Waals surface area contributed by atoms with Gasteiger partial charge in [0.2, 0.25) is 11.8 Å². The number of rotatable bonds is 27. The number of amides is 2. The van der Waals surface area contributed by atoms with E-state index in [9.17, 15) is 63.0 Å². The van der Waals surface area contributed by atoms with Gasteiger partial charge in [-0.3, -0.25) is 19.2 Å². The first-order valence-corrected chi connectivity index (χ1v) is 39.7. The van der Waals surface area contributed by atoms with E-state index >= 15 is 0 Å². The van der Waals surface area contributed by atoms with E-state index in [-0.39, 0.29) is 106 Å². The summed E-state index contributed by atoms with van der Waals surface area (Å²) in [4.78, 5) is 126. The van der Waals surface area contributed by atoms with Crippen molar-refractivity contribution in [1.82, 2.24) is 0 Å². The van der Waals surface area contributed by atoms with Gasteiger partial charge in [-0.15, -0.1) is 0 Å². The molecule has 0 aliphatic carbocycles. The van der Waals surface area contributed by atoms with Crippen molar-refractivity contribution in [3.05, 3.63) is 242 Å². The molecule has 4 N–H and O–H groups in total. The molecular formula is C96H124N2O23. The molecule has 0 aliphatic rings. The molecule has 0 aromatic heterocycles. The highest BCUT2D eigenvalue weighted by Gasteiger charge is 2.22. The van der Waals surface area contributed by atoms with E-state index < -0.39 is 47.8 Å². The van der Waals surface area contributed by atoms with Crippen LogP contribution in [0.3, 0.4) is 0 Å². The van der Waals surface area contributed by atoms with Crippen LogP contribution in [0.1, 0.15) is 267 Å². The predicted octanol–water partition coefficient (Wildman–Crippen LogP) is 20.7. The van der Waals surface area contributed by atoms with E-state index in [1.54, 1.807) is 198 Å². The summed E-state index contributed by atoms with van der Waals surface area (Å²) >= 11 is 0. The van der Waals surface area contributed by atoms with Crippen LogP contribution in [0.5, 0.6) is 28.7 Å². The number of anilines is 2. The largest absolute Gasteiger partial charge is 0.507 e. The number of benzene rings is 7. The predicted molar refractivity (Wildman–Crippen MR) is 469 cm³/mol. The lowest BCUT2D eigenvalue weighted by Crippen LogP contribution is -2.16. The number of allylic oxidation sites excluding steroid dienone is 5. The average molecular weight is 1670 g/mol. The van der Waals surface area contributed by atoms with E-state index in [1.165, 1.54) is 62.6 Å². The quantitative estimate of drug-likeness (QED) is 0.0161. The van der Waals surface area contributed by atoms with Gasteiger partial charge in [0.05, 0.1) is 65.2 Å². The number of ether oxygens (including phenoxy) is 10. The fourth-order valence-corrected chi connectivity index (χ4v) is 9.78. The Morgan fingerprint density at radius 1 is 0.314 bits per heavy atom. The number of esters is 9.